The van der Waals surface area contributed by atoms with Crippen LogP contribution in [0.15, 0.2) is 94.9 Å². The average Bonchev–Trinajstić information content (AvgIpc) is 2.83. The van der Waals surface area contributed by atoms with Crippen molar-refractivity contribution in [2.45, 2.75) is 37.5 Å². The third-order valence-corrected chi connectivity index (χ3v) is 7.40. The highest BCUT2D eigenvalue weighted by atomic mass is 35.5. The van der Waals surface area contributed by atoms with Gasteiger partial charge in [-0.05, 0) is 60.7 Å². The number of benzene rings is 3. The van der Waals surface area contributed by atoms with Gasteiger partial charge in [-0.25, -0.2) is 13.8 Å². The van der Waals surface area contributed by atoms with Gasteiger partial charge in [0.25, 0.3) is 15.9 Å². The van der Waals surface area contributed by atoms with Crippen LogP contribution in [0.5, 0.6) is 0 Å². The van der Waals surface area contributed by atoms with Crippen molar-refractivity contribution in [2.24, 2.45) is 5.10 Å². The predicted octanol–water partition coefficient (Wildman–Crippen LogP) is 5.40. The third kappa shape index (κ3) is 6.46. The Morgan fingerprint density at radius 2 is 1.50 bits per heavy atom. The summed E-state index contributed by atoms with van der Waals surface area (Å²) in [6, 6.07) is 24.3. The number of halogens is 1. The second kappa shape index (κ2) is 10.8. The number of nitrogens with zero attached hydrogens (tertiary/aromatic N) is 2. The highest BCUT2D eigenvalue weighted by Gasteiger charge is 2.27. The normalized spacial score (nSPS) is 12.3. The summed E-state index contributed by atoms with van der Waals surface area (Å²) in [6.07, 6.45) is 0.626. The highest BCUT2D eigenvalue weighted by molar-refractivity contribution is 7.92. The standard InChI is InChI=1S/C26H28ClN3O3S/c1-20(18-26(2,3)21-10-6-4-7-11-21)28-29-25(31)19-30(23-16-14-22(27)15-17-23)34(32,33)24-12-8-5-9-13-24/h4-17H,18-19H2,1-3H3,(H,29,31)/b28-20-. The molecule has 0 bridgehead atoms. The Balaban J connectivity index is 1.77. The number of hydrazone groups is 1. The maximum Gasteiger partial charge on any atom is 0.264 e. The number of amides is 1. The summed E-state index contributed by atoms with van der Waals surface area (Å²) >= 11 is 5.97. The second-order valence-corrected chi connectivity index (χ2v) is 10.9. The Bertz CT molecular complexity index is 1240. The Hall–Kier alpha value is -3.16. The van der Waals surface area contributed by atoms with E-state index in [0.717, 1.165) is 10.0 Å². The zero-order valence-corrected chi connectivity index (χ0v) is 21.0. The van der Waals surface area contributed by atoms with Gasteiger partial charge in [0.05, 0.1) is 10.6 Å². The summed E-state index contributed by atoms with van der Waals surface area (Å²) in [5, 5.41) is 4.69. The number of nitrogens with one attached hydrogen (secondary N) is 1. The fourth-order valence-corrected chi connectivity index (χ4v) is 5.20. The minimum Gasteiger partial charge on any atom is -0.271 e. The first-order valence-corrected chi connectivity index (χ1v) is 12.6. The molecule has 34 heavy (non-hydrogen) atoms. The van der Waals surface area contributed by atoms with Crippen molar-refractivity contribution in [1.29, 1.82) is 0 Å². The lowest BCUT2D eigenvalue weighted by Crippen LogP contribution is -2.39. The van der Waals surface area contributed by atoms with E-state index in [-0.39, 0.29) is 10.3 Å². The molecule has 0 saturated heterocycles. The maximum atomic E-state index is 13.3. The first-order chi connectivity index (χ1) is 16.1. The molecule has 0 heterocycles. The summed E-state index contributed by atoms with van der Waals surface area (Å²) in [5.74, 6) is -0.550. The number of hydrogen-bond acceptors (Lipinski definition) is 4. The molecule has 0 saturated carbocycles. The van der Waals surface area contributed by atoms with Gasteiger partial charge in [-0.15, -0.1) is 0 Å². The van der Waals surface area contributed by atoms with Crippen LogP contribution in [-0.4, -0.2) is 26.6 Å². The molecule has 0 fully saturated rings. The van der Waals surface area contributed by atoms with Crippen molar-refractivity contribution >= 4 is 38.9 Å². The Labute approximate surface area is 206 Å². The van der Waals surface area contributed by atoms with Crippen molar-refractivity contribution in [3.8, 4) is 0 Å². The summed E-state index contributed by atoms with van der Waals surface area (Å²) in [4.78, 5) is 12.8. The molecule has 0 aliphatic rings. The molecule has 6 nitrogen and oxygen atoms in total. The number of rotatable bonds is 9. The Morgan fingerprint density at radius 3 is 2.09 bits per heavy atom. The van der Waals surface area contributed by atoms with Crippen LogP contribution in [0, 0.1) is 0 Å². The Morgan fingerprint density at radius 1 is 0.941 bits per heavy atom. The molecule has 0 aliphatic carbocycles. The number of hydrogen-bond donors (Lipinski definition) is 1. The minimum atomic E-state index is -3.98. The van der Waals surface area contributed by atoms with Gasteiger partial charge in [-0.3, -0.25) is 9.10 Å². The zero-order chi connectivity index (χ0) is 24.8. The summed E-state index contributed by atoms with van der Waals surface area (Å²) in [5.41, 5.74) is 4.55. The molecule has 3 rings (SSSR count). The van der Waals surface area contributed by atoms with Crippen molar-refractivity contribution in [2.75, 3.05) is 10.8 Å². The van der Waals surface area contributed by atoms with Crippen molar-refractivity contribution in [3.05, 3.63) is 95.5 Å². The molecule has 0 radical (unpaired) electrons. The van der Waals surface area contributed by atoms with E-state index < -0.39 is 22.5 Å². The number of carbonyl (C=O) groups excluding carboxylic acids is 1. The van der Waals surface area contributed by atoms with Gasteiger partial charge < -0.3 is 0 Å². The quantitative estimate of drug-likeness (QED) is 0.318. The van der Waals surface area contributed by atoms with Gasteiger partial charge in [0.15, 0.2) is 0 Å². The van der Waals surface area contributed by atoms with E-state index in [2.05, 4.69) is 36.5 Å². The number of sulfonamides is 1. The molecule has 3 aromatic rings. The Kier molecular flexibility index (Phi) is 8.12. The molecule has 178 valence electrons. The molecule has 0 unspecified atom stereocenters. The fourth-order valence-electron chi connectivity index (χ4n) is 3.64. The van der Waals surface area contributed by atoms with Crippen molar-refractivity contribution in [1.82, 2.24) is 5.43 Å². The fraction of sp³-hybridized carbons (Fsp3) is 0.231. The van der Waals surface area contributed by atoms with E-state index >= 15 is 0 Å². The second-order valence-electron chi connectivity index (χ2n) is 8.61. The topological polar surface area (TPSA) is 78.8 Å². The van der Waals surface area contributed by atoms with Crippen LogP contribution in [0.25, 0.3) is 0 Å². The molecule has 1 amide bonds. The summed E-state index contributed by atoms with van der Waals surface area (Å²) in [6.45, 7) is 5.62. The lowest BCUT2D eigenvalue weighted by Gasteiger charge is -2.25. The predicted molar refractivity (Wildman–Crippen MR) is 138 cm³/mol. The summed E-state index contributed by atoms with van der Waals surface area (Å²) in [7, 11) is -3.98. The molecule has 8 heteroatoms. The molecule has 1 N–H and O–H groups in total. The maximum absolute atomic E-state index is 13.3. The number of carbonyl (C=O) groups is 1. The van der Waals surface area contributed by atoms with Crippen LogP contribution in [0.3, 0.4) is 0 Å². The van der Waals surface area contributed by atoms with Gasteiger partial charge in [0, 0.05) is 10.7 Å². The zero-order valence-electron chi connectivity index (χ0n) is 19.4. The van der Waals surface area contributed by atoms with Crippen LogP contribution in [0.4, 0.5) is 5.69 Å². The molecule has 0 spiro atoms. The molecule has 3 aromatic carbocycles. The SMILES string of the molecule is C/C(CC(C)(C)c1ccccc1)=N/NC(=O)CN(c1ccc(Cl)cc1)S(=O)(=O)c1ccccc1. The van der Waals surface area contributed by atoms with Crippen LogP contribution in [-0.2, 0) is 20.2 Å². The van der Waals surface area contributed by atoms with Crippen LogP contribution < -0.4 is 9.73 Å². The van der Waals surface area contributed by atoms with Crippen LogP contribution in [0.2, 0.25) is 5.02 Å². The van der Waals surface area contributed by atoms with E-state index in [1.54, 1.807) is 42.5 Å². The van der Waals surface area contributed by atoms with E-state index in [9.17, 15) is 13.2 Å². The van der Waals surface area contributed by atoms with Gasteiger partial charge >= 0.3 is 0 Å². The highest BCUT2D eigenvalue weighted by Crippen LogP contribution is 2.27. The number of anilines is 1. The van der Waals surface area contributed by atoms with Gasteiger partial charge in [0.1, 0.15) is 6.54 Å². The third-order valence-electron chi connectivity index (χ3n) is 5.36. The van der Waals surface area contributed by atoms with Crippen molar-refractivity contribution in [3.63, 3.8) is 0 Å². The summed E-state index contributed by atoms with van der Waals surface area (Å²) < 4.78 is 27.7. The van der Waals surface area contributed by atoms with E-state index in [1.165, 1.54) is 17.7 Å². The average molecular weight is 498 g/mol. The molecule has 0 aromatic heterocycles. The van der Waals surface area contributed by atoms with Gasteiger partial charge in [-0.2, -0.15) is 5.10 Å². The van der Waals surface area contributed by atoms with Gasteiger partial charge in [0.2, 0.25) is 0 Å². The molecular weight excluding hydrogens is 470 g/mol. The largest absolute Gasteiger partial charge is 0.271 e. The monoisotopic (exact) mass is 497 g/mol. The molecular formula is C26H28ClN3O3S. The lowest BCUT2D eigenvalue weighted by molar-refractivity contribution is -0.119. The lowest BCUT2D eigenvalue weighted by atomic mass is 9.80. The first-order valence-electron chi connectivity index (χ1n) is 10.8. The van der Waals surface area contributed by atoms with Crippen LogP contribution in [0.1, 0.15) is 32.8 Å². The van der Waals surface area contributed by atoms with Crippen molar-refractivity contribution < 1.29 is 13.2 Å². The smallest absolute Gasteiger partial charge is 0.264 e. The van der Waals surface area contributed by atoms with E-state index in [0.29, 0.717) is 17.1 Å². The first kappa shape index (κ1) is 25.5. The molecule has 0 atom stereocenters. The van der Waals surface area contributed by atoms with Gasteiger partial charge in [-0.1, -0.05) is 74.0 Å². The minimum absolute atomic E-state index is 0.0852. The van der Waals surface area contributed by atoms with Crippen LogP contribution >= 0.6 is 11.6 Å². The van der Waals surface area contributed by atoms with E-state index in [1.807, 2.05) is 25.1 Å². The molecule has 0 aliphatic heterocycles. The van der Waals surface area contributed by atoms with E-state index in [4.69, 9.17) is 11.6 Å².